The molecule has 5 N–H and O–H groups in total. The number of carbonyl (C=O) groups excluding carboxylic acids is 1. The van der Waals surface area contributed by atoms with E-state index in [1.54, 1.807) is 0 Å². The van der Waals surface area contributed by atoms with Gasteiger partial charge in [0.15, 0.2) is 0 Å². The first-order valence-electron chi connectivity index (χ1n) is 8.94. The fourth-order valence-corrected chi connectivity index (χ4v) is 3.37. The molecule has 0 spiro atoms. The van der Waals surface area contributed by atoms with E-state index in [1.807, 2.05) is 0 Å². The van der Waals surface area contributed by atoms with Crippen molar-refractivity contribution in [3.05, 3.63) is 11.8 Å². The molecule has 1 amide bonds. The molecule has 2 saturated carbocycles. The molecule has 3 rings (SSSR count). The fourth-order valence-electron chi connectivity index (χ4n) is 3.37. The minimum absolute atomic E-state index is 0.192. The van der Waals surface area contributed by atoms with E-state index in [1.165, 1.54) is 19.0 Å². The first-order valence-corrected chi connectivity index (χ1v) is 8.94. The molecule has 0 unspecified atom stereocenters. The summed E-state index contributed by atoms with van der Waals surface area (Å²) in [7, 11) is 0. The highest BCUT2D eigenvalue weighted by Gasteiger charge is 2.31. The first kappa shape index (κ1) is 17.0. The van der Waals surface area contributed by atoms with Crippen LogP contribution in [0.25, 0.3) is 0 Å². The number of carbonyl (C=O) groups is 1. The molecular weight excluding hydrogens is 306 g/mol. The van der Waals surface area contributed by atoms with Crippen LogP contribution in [0.2, 0.25) is 0 Å². The smallest absolute Gasteiger partial charge is 0.254 e. The molecule has 1 heterocycles. The van der Waals surface area contributed by atoms with Gasteiger partial charge >= 0.3 is 0 Å². The van der Waals surface area contributed by atoms with E-state index < -0.39 is 5.91 Å². The number of amides is 1. The minimum atomic E-state index is -0.518. The number of nitrogens with two attached hydrogens (primary N) is 1. The van der Waals surface area contributed by atoms with Gasteiger partial charge in [0.1, 0.15) is 5.82 Å². The van der Waals surface area contributed by atoms with Crippen molar-refractivity contribution >= 4 is 17.7 Å². The Hall–Kier alpha value is -1.89. The Bertz CT molecular complexity index is 582. The maximum Gasteiger partial charge on any atom is 0.254 e. The van der Waals surface area contributed by atoms with Gasteiger partial charge in [-0.25, -0.2) is 4.98 Å². The lowest BCUT2D eigenvalue weighted by atomic mass is 9.93. The van der Waals surface area contributed by atoms with Gasteiger partial charge in [-0.1, -0.05) is 6.92 Å². The van der Waals surface area contributed by atoms with E-state index in [-0.39, 0.29) is 12.1 Å². The lowest BCUT2D eigenvalue weighted by Crippen LogP contribution is -2.30. The van der Waals surface area contributed by atoms with Gasteiger partial charge in [0.05, 0.1) is 11.7 Å². The molecule has 7 heteroatoms. The molecule has 2 fully saturated rings. The number of anilines is 2. The molecule has 2 aliphatic carbocycles. The molecule has 0 bridgehead atoms. The second kappa shape index (κ2) is 7.34. The van der Waals surface area contributed by atoms with Crippen LogP contribution in [0.15, 0.2) is 6.20 Å². The van der Waals surface area contributed by atoms with Crippen LogP contribution >= 0.6 is 0 Å². The van der Waals surface area contributed by atoms with Crippen molar-refractivity contribution in [1.29, 1.82) is 0 Å². The van der Waals surface area contributed by atoms with E-state index in [2.05, 4.69) is 27.5 Å². The van der Waals surface area contributed by atoms with Gasteiger partial charge in [-0.2, -0.15) is 4.98 Å². The summed E-state index contributed by atoms with van der Waals surface area (Å²) < 4.78 is 0. The van der Waals surface area contributed by atoms with Crippen LogP contribution in [0.4, 0.5) is 11.8 Å². The van der Waals surface area contributed by atoms with Gasteiger partial charge in [0, 0.05) is 18.3 Å². The van der Waals surface area contributed by atoms with Gasteiger partial charge in [-0.05, 0) is 50.9 Å². The minimum Gasteiger partial charge on any atom is -0.393 e. The summed E-state index contributed by atoms with van der Waals surface area (Å²) in [5, 5.41) is 16.3. The Kier molecular flexibility index (Phi) is 5.18. The highest BCUT2D eigenvalue weighted by atomic mass is 16.3. The SMILES string of the molecule is CC[C@@H](Nc1nc(NC2CCC(O)CC2)ncc1C(N)=O)C1CC1. The molecule has 1 aromatic rings. The first-order chi connectivity index (χ1) is 11.6. The van der Waals surface area contributed by atoms with Gasteiger partial charge in [-0.15, -0.1) is 0 Å². The number of aromatic nitrogens is 2. The van der Waals surface area contributed by atoms with Crippen molar-refractivity contribution in [3.63, 3.8) is 0 Å². The largest absolute Gasteiger partial charge is 0.393 e. The number of nitrogens with zero attached hydrogens (tertiary/aromatic N) is 2. The maximum atomic E-state index is 11.7. The average Bonchev–Trinajstić information content (AvgIpc) is 3.39. The number of hydrogen-bond donors (Lipinski definition) is 4. The third-order valence-corrected chi connectivity index (χ3v) is 5.04. The zero-order chi connectivity index (χ0) is 17.1. The summed E-state index contributed by atoms with van der Waals surface area (Å²) in [5.74, 6) is 1.17. The molecule has 0 saturated heterocycles. The molecule has 1 aromatic heterocycles. The highest BCUT2D eigenvalue weighted by molar-refractivity contribution is 5.97. The van der Waals surface area contributed by atoms with Crippen LogP contribution < -0.4 is 16.4 Å². The van der Waals surface area contributed by atoms with E-state index in [0.717, 1.165) is 32.1 Å². The Morgan fingerprint density at radius 1 is 1.33 bits per heavy atom. The Morgan fingerprint density at radius 2 is 2.04 bits per heavy atom. The second-order valence-electron chi connectivity index (χ2n) is 6.97. The Labute approximate surface area is 142 Å². The summed E-state index contributed by atoms with van der Waals surface area (Å²) in [5.41, 5.74) is 5.80. The monoisotopic (exact) mass is 333 g/mol. The fraction of sp³-hybridized carbons (Fsp3) is 0.706. The quantitative estimate of drug-likeness (QED) is 0.606. The van der Waals surface area contributed by atoms with Crippen molar-refractivity contribution in [2.45, 2.75) is 70.1 Å². The molecule has 0 radical (unpaired) electrons. The third-order valence-electron chi connectivity index (χ3n) is 5.04. The number of hydrogen-bond acceptors (Lipinski definition) is 6. The predicted octanol–water partition coefficient (Wildman–Crippen LogP) is 1.89. The van der Waals surface area contributed by atoms with Gasteiger partial charge < -0.3 is 21.5 Å². The molecule has 2 aliphatic rings. The van der Waals surface area contributed by atoms with Crippen molar-refractivity contribution < 1.29 is 9.90 Å². The van der Waals surface area contributed by atoms with Crippen LogP contribution in [0.3, 0.4) is 0 Å². The summed E-state index contributed by atoms with van der Waals surface area (Å²) in [4.78, 5) is 20.4. The van der Waals surface area contributed by atoms with Gasteiger partial charge in [-0.3, -0.25) is 4.79 Å². The lowest BCUT2D eigenvalue weighted by Gasteiger charge is -2.26. The molecule has 1 atom stereocenters. The van der Waals surface area contributed by atoms with Gasteiger partial charge in [0.2, 0.25) is 5.95 Å². The number of rotatable bonds is 7. The van der Waals surface area contributed by atoms with Crippen molar-refractivity contribution in [2.75, 3.05) is 10.6 Å². The van der Waals surface area contributed by atoms with Crippen molar-refractivity contribution in [3.8, 4) is 0 Å². The second-order valence-corrected chi connectivity index (χ2v) is 6.97. The zero-order valence-electron chi connectivity index (χ0n) is 14.2. The molecular formula is C17H27N5O2. The Balaban J connectivity index is 1.73. The number of nitrogens with one attached hydrogen (secondary N) is 2. The van der Waals surface area contributed by atoms with E-state index in [4.69, 9.17) is 5.73 Å². The predicted molar refractivity (Wildman–Crippen MR) is 92.9 cm³/mol. The summed E-state index contributed by atoms with van der Waals surface area (Å²) in [6.45, 7) is 2.13. The number of aliphatic hydroxyl groups excluding tert-OH is 1. The maximum absolute atomic E-state index is 11.7. The average molecular weight is 333 g/mol. The van der Waals surface area contributed by atoms with Crippen LogP contribution in [0, 0.1) is 5.92 Å². The van der Waals surface area contributed by atoms with Gasteiger partial charge in [0.25, 0.3) is 5.91 Å². The molecule has 24 heavy (non-hydrogen) atoms. The number of aliphatic hydroxyl groups is 1. The molecule has 0 aliphatic heterocycles. The standard InChI is InChI=1S/C17H27N5O2/c1-2-14(10-3-4-10)21-16-13(15(18)24)9-19-17(22-16)20-11-5-7-12(23)8-6-11/h9-12,14,23H,2-8H2,1H3,(H2,18,24)(H2,19,20,21,22)/t11?,12?,14-/m1/s1. The summed E-state index contributed by atoms with van der Waals surface area (Å²) in [6, 6.07) is 0.571. The third kappa shape index (κ3) is 4.14. The van der Waals surface area contributed by atoms with Crippen LogP contribution in [-0.2, 0) is 0 Å². The highest BCUT2D eigenvalue weighted by Crippen LogP contribution is 2.35. The molecule has 7 nitrogen and oxygen atoms in total. The van der Waals surface area contributed by atoms with E-state index in [0.29, 0.717) is 29.3 Å². The summed E-state index contributed by atoms with van der Waals surface area (Å²) >= 11 is 0. The Morgan fingerprint density at radius 3 is 2.62 bits per heavy atom. The zero-order valence-corrected chi connectivity index (χ0v) is 14.2. The van der Waals surface area contributed by atoms with E-state index in [9.17, 15) is 9.90 Å². The van der Waals surface area contributed by atoms with Crippen LogP contribution in [0.1, 0.15) is 62.2 Å². The lowest BCUT2D eigenvalue weighted by molar-refractivity contribution is 0.1000. The van der Waals surface area contributed by atoms with Crippen molar-refractivity contribution in [2.24, 2.45) is 11.7 Å². The number of primary amides is 1. The molecule has 0 aromatic carbocycles. The van der Waals surface area contributed by atoms with E-state index >= 15 is 0 Å². The molecule has 132 valence electrons. The topological polar surface area (TPSA) is 113 Å². The normalized spacial score (nSPS) is 25.1. The summed E-state index contributed by atoms with van der Waals surface area (Å²) in [6.07, 6.45) is 8.10. The van der Waals surface area contributed by atoms with Crippen LogP contribution in [-0.4, -0.2) is 39.2 Å². The van der Waals surface area contributed by atoms with Crippen LogP contribution in [0.5, 0.6) is 0 Å². The van der Waals surface area contributed by atoms with Crippen molar-refractivity contribution in [1.82, 2.24) is 9.97 Å².